The minimum absolute atomic E-state index is 0.0183. The number of carbonyl (C=O) groups excluding carboxylic acids is 1. The molecule has 2 aliphatic rings. The molecule has 1 fully saturated rings. The highest BCUT2D eigenvalue weighted by Crippen LogP contribution is 2.44. The largest absolute Gasteiger partial charge is 0.491 e. The lowest BCUT2D eigenvalue weighted by molar-refractivity contribution is 0.0187. The molecule has 2 heterocycles. The van der Waals surface area contributed by atoms with Crippen molar-refractivity contribution in [3.8, 4) is 11.8 Å². The van der Waals surface area contributed by atoms with Gasteiger partial charge >= 0.3 is 6.09 Å². The first-order chi connectivity index (χ1) is 19.0. The predicted molar refractivity (Wildman–Crippen MR) is 155 cm³/mol. The van der Waals surface area contributed by atoms with Crippen LogP contribution in [-0.2, 0) is 21.2 Å². The molecule has 1 amide bonds. The van der Waals surface area contributed by atoms with Crippen LogP contribution in [-0.4, -0.2) is 50.0 Å². The topological polar surface area (TPSA) is 99.9 Å². The molecule has 9 heteroatoms. The van der Waals surface area contributed by atoms with Crippen molar-refractivity contribution in [1.82, 2.24) is 4.90 Å². The van der Waals surface area contributed by atoms with Gasteiger partial charge in [-0.25, -0.2) is 13.2 Å². The van der Waals surface area contributed by atoms with E-state index in [-0.39, 0.29) is 17.9 Å². The van der Waals surface area contributed by atoms with Crippen LogP contribution in [0.4, 0.5) is 10.5 Å². The number of hydrogen-bond acceptors (Lipinski definition) is 6. The Morgan fingerprint density at radius 1 is 1.07 bits per heavy atom. The van der Waals surface area contributed by atoms with E-state index >= 15 is 0 Å². The zero-order chi connectivity index (χ0) is 28.7. The maximum absolute atomic E-state index is 13.3. The number of likely N-dealkylation sites (tertiary alicyclic amines) is 1. The molecule has 2 aliphatic heterocycles. The molecule has 2 atom stereocenters. The molecule has 0 aliphatic carbocycles. The van der Waals surface area contributed by atoms with Crippen LogP contribution < -0.4 is 9.04 Å². The van der Waals surface area contributed by atoms with Crippen LogP contribution in [0, 0.1) is 11.3 Å². The van der Waals surface area contributed by atoms with E-state index in [1.54, 1.807) is 24.0 Å². The first-order valence-corrected chi connectivity index (χ1v) is 15.3. The van der Waals surface area contributed by atoms with Crippen molar-refractivity contribution in [3.63, 3.8) is 0 Å². The van der Waals surface area contributed by atoms with Gasteiger partial charge in [-0.3, -0.25) is 4.31 Å². The van der Waals surface area contributed by atoms with Gasteiger partial charge in [-0.05, 0) is 98.8 Å². The van der Waals surface area contributed by atoms with Crippen molar-refractivity contribution in [2.45, 2.75) is 64.6 Å². The highest BCUT2D eigenvalue weighted by atomic mass is 32.2. The molecular formula is C31H35N3O5S. The van der Waals surface area contributed by atoms with Crippen LogP contribution in [0.5, 0.6) is 5.75 Å². The van der Waals surface area contributed by atoms with Crippen molar-refractivity contribution >= 4 is 32.6 Å². The number of ether oxygens (including phenoxy) is 2. The molecule has 0 bridgehead atoms. The van der Waals surface area contributed by atoms with Crippen LogP contribution in [0.1, 0.15) is 63.3 Å². The number of hydrogen-bond donors (Lipinski definition) is 0. The Labute approximate surface area is 236 Å². The van der Waals surface area contributed by atoms with Crippen molar-refractivity contribution in [3.05, 3.63) is 71.3 Å². The van der Waals surface area contributed by atoms with Crippen LogP contribution in [0.25, 0.3) is 10.8 Å². The van der Waals surface area contributed by atoms with Gasteiger partial charge in [-0.2, -0.15) is 5.26 Å². The smallest absolute Gasteiger partial charge is 0.410 e. The highest BCUT2D eigenvalue weighted by Gasteiger charge is 2.38. The summed E-state index contributed by atoms with van der Waals surface area (Å²) in [5.74, 6) is 0.622. The second-order valence-corrected chi connectivity index (χ2v) is 13.6. The zero-order valence-corrected chi connectivity index (χ0v) is 24.2. The van der Waals surface area contributed by atoms with E-state index in [1.165, 1.54) is 4.31 Å². The lowest BCUT2D eigenvalue weighted by Gasteiger charge is -2.28. The van der Waals surface area contributed by atoms with Gasteiger partial charge in [-0.1, -0.05) is 18.2 Å². The Kier molecular flexibility index (Phi) is 7.40. The van der Waals surface area contributed by atoms with Crippen LogP contribution in [0.2, 0.25) is 0 Å². The Balaban J connectivity index is 1.39. The molecule has 3 aromatic carbocycles. The number of carbonyl (C=O) groups is 1. The lowest BCUT2D eigenvalue weighted by Crippen LogP contribution is -2.42. The minimum Gasteiger partial charge on any atom is -0.491 e. The second-order valence-electron chi connectivity index (χ2n) is 11.4. The Morgan fingerprint density at radius 2 is 1.85 bits per heavy atom. The molecule has 0 aromatic heterocycles. The lowest BCUT2D eigenvalue weighted by atomic mass is 9.98. The summed E-state index contributed by atoms with van der Waals surface area (Å²) in [5.41, 5.74) is 2.42. The van der Waals surface area contributed by atoms with E-state index < -0.39 is 21.7 Å². The van der Waals surface area contributed by atoms with Gasteiger partial charge in [0.05, 0.1) is 35.2 Å². The van der Waals surface area contributed by atoms with Crippen LogP contribution >= 0.6 is 0 Å². The average Bonchev–Trinajstić information content (AvgIpc) is 3.55. The number of amides is 1. The van der Waals surface area contributed by atoms with Gasteiger partial charge in [0.25, 0.3) is 0 Å². The predicted octanol–water partition coefficient (Wildman–Crippen LogP) is 5.94. The van der Waals surface area contributed by atoms with Crippen molar-refractivity contribution < 1.29 is 22.7 Å². The van der Waals surface area contributed by atoms with Crippen LogP contribution in [0.15, 0.2) is 54.6 Å². The first kappa shape index (κ1) is 27.8. The molecule has 0 saturated carbocycles. The van der Waals surface area contributed by atoms with E-state index in [9.17, 15) is 18.5 Å². The van der Waals surface area contributed by atoms with Crippen LogP contribution in [0.3, 0.4) is 0 Å². The Hall–Kier alpha value is -3.77. The number of benzene rings is 3. The number of fused-ring (bicyclic) bond motifs is 2. The van der Waals surface area contributed by atoms with E-state index in [2.05, 4.69) is 6.07 Å². The molecule has 40 heavy (non-hydrogen) atoms. The summed E-state index contributed by atoms with van der Waals surface area (Å²) in [6.45, 7) is 8.19. The van der Waals surface area contributed by atoms with Gasteiger partial charge in [0.2, 0.25) is 10.0 Å². The third-order valence-corrected chi connectivity index (χ3v) is 9.26. The molecule has 1 saturated heterocycles. The Bertz CT molecular complexity index is 1590. The third kappa shape index (κ3) is 5.59. The molecule has 3 aromatic rings. The molecular weight excluding hydrogens is 526 g/mol. The fourth-order valence-electron chi connectivity index (χ4n) is 5.53. The number of nitriles is 1. The highest BCUT2D eigenvalue weighted by molar-refractivity contribution is 7.92. The molecule has 5 rings (SSSR count). The fraction of sp³-hybridized carbons (Fsp3) is 0.419. The maximum Gasteiger partial charge on any atom is 0.410 e. The maximum atomic E-state index is 13.3. The monoisotopic (exact) mass is 561 g/mol. The normalized spacial score (nSPS) is 19.0. The number of nitrogens with zero attached hydrogens (tertiary/aromatic N) is 3. The van der Waals surface area contributed by atoms with Gasteiger partial charge in [-0.15, -0.1) is 0 Å². The van der Waals surface area contributed by atoms with Gasteiger partial charge in [0.15, 0.2) is 0 Å². The zero-order valence-electron chi connectivity index (χ0n) is 23.4. The van der Waals surface area contributed by atoms with Crippen molar-refractivity contribution in [2.75, 3.05) is 23.2 Å². The number of anilines is 1. The summed E-state index contributed by atoms with van der Waals surface area (Å²) < 4.78 is 39.8. The second kappa shape index (κ2) is 10.7. The number of rotatable bonds is 6. The third-order valence-electron chi connectivity index (χ3n) is 7.47. The molecule has 210 valence electrons. The SMILES string of the molecule is CCS(=O)(=O)N1c2ccc(OC[C@H]3CCCN3C(=O)OC(C)(C)C)cc2CC1c1ccc2ccc(C#N)cc2c1. The molecule has 1 unspecified atom stereocenters. The summed E-state index contributed by atoms with van der Waals surface area (Å²) in [5, 5.41) is 11.2. The molecule has 0 N–H and O–H groups in total. The van der Waals surface area contributed by atoms with Crippen molar-refractivity contribution in [2.24, 2.45) is 0 Å². The summed E-state index contributed by atoms with van der Waals surface area (Å²) in [7, 11) is -3.56. The molecule has 0 radical (unpaired) electrons. The average molecular weight is 562 g/mol. The van der Waals surface area contributed by atoms with E-state index in [1.807, 2.05) is 63.2 Å². The summed E-state index contributed by atoms with van der Waals surface area (Å²) >= 11 is 0. The molecule has 8 nitrogen and oxygen atoms in total. The standard InChI is InChI=1S/C31H35N3O5S/c1-5-40(36,37)34-28-13-12-27(38-20-26-7-6-14-33(26)30(35)39-31(2,3)4)17-25(28)18-29(34)23-11-10-22-9-8-21(19-32)15-24(22)16-23/h8-13,15-17,26,29H,5-7,14,18,20H2,1-4H3/t26-,29?/m1/s1. The fourth-order valence-corrected chi connectivity index (χ4v) is 6.87. The van der Waals surface area contributed by atoms with E-state index in [0.717, 1.165) is 34.7 Å². The van der Waals surface area contributed by atoms with Gasteiger partial charge in [0, 0.05) is 13.0 Å². The summed E-state index contributed by atoms with van der Waals surface area (Å²) in [4.78, 5) is 14.4. The van der Waals surface area contributed by atoms with Crippen molar-refractivity contribution in [1.29, 1.82) is 5.26 Å². The first-order valence-electron chi connectivity index (χ1n) is 13.7. The van der Waals surface area contributed by atoms with Gasteiger partial charge in [0.1, 0.15) is 18.0 Å². The van der Waals surface area contributed by atoms with Gasteiger partial charge < -0.3 is 14.4 Å². The molecule has 0 spiro atoms. The quantitative estimate of drug-likeness (QED) is 0.369. The van der Waals surface area contributed by atoms with E-state index in [4.69, 9.17) is 9.47 Å². The summed E-state index contributed by atoms with van der Waals surface area (Å²) in [6, 6.07) is 18.6. The minimum atomic E-state index is -3.56. The Morgan fingerprint density at radius 3 is 2.58 bits per heavy atom. The number of sulfonamides is 1. The van der Waals surface area contributed by atoms with E-state index in [0.29, 0.717) is 36.6 Å². The summed E-state index contributed by atoms with van der Waals surface area (Å²) in [6.07, 6.45) is 1.91.